The van der Waals surface area contributed by atoms with E-state index in [1.165, 1.54) is 12.8 Å². The quantitative estimate of drug-likeness (QED) is 0.716. The molecule has 0 radical (unpaired) electrons. The van der Waals surface area contributed by atoms with Crippen molar-refractivity contribution < 1.29 is 4.79 Å². The van der Waals surface area contributed by atoms with Crippen LogP contribution in [0.1, 0.15) is 26.7 Å². The Balaban J connectivity index is 2.36. The molecule has 0 aliphatic carbocycles. The van der Waals surface area contributed by atoms with Crippen molar-refractivity contribution in [1.29, 1.82) is 0 Å². The van der Waals surface area contributed by atoms with E-state index in [0.717, 1.165) is 13.1 Å². The van der Waals surface area contributed by atoms with Crippen LogP contribution < -0.4 is 10.6 Å². The van der Waals surface area contributed by atoms with Crippen LogP contribution in [-0.4, -0.2) is 50.1 Å². The van der Waals surface area contributed by atoms with E-state index in [0.29, 0.717) is 12.0 Å². The van der Waals surface area contributed by atoms with Gasteiger partial charge in [-0.15, -0.1) is 0 Å². The van der Waals surface area contributed by atoms with Crippen LogP contribution in [0.4, 0.5) is 0 Å². The summed E-state index contributed by atoms with van der Waals surface area (Å²) in [6.45, 7) is 6.01. The smallest absolute Gasteiger partial charge is 0.237 e. The summed E-state index contributed by atoms with van der Waals surface area (Å²) in [7, 11) is 3.91. The normalized spacial score (nSPS) is 22.8. The first-order valence-electron chi connectivity index (χ1n) is 6.20. The molecule has 4 nitrogen and oxygen atoms in total. The van der Waals surface area contributed by atoms with Crippen molar-refractivity contribution in [3.05, 3.63) is 0 Å². The fraction of sp³-hybridized carbons (Fsp3) is 0.917. The van der Waals surface area contributed by atoms with Gasteiger partial charge in [-0.25, -0.2) is 0 Å². The summed E-state index contributed by atoms with van der Waals surface area (Å²) in [5, 5.41) is 6.43. The van der Waals surface area contributed by atoms with Gasteiger partial charge in [-0.05, 0) is 39.4 Å². The van der Waals surface area contributed by atoms with E-state index >= 15 is 0 Å². The van der Waals surface area contributed by atoms with E-state index in [1.807, 2.05) is 19.0 Å². The van der Waals surface area contributed by atoms with Crippen LogP contribution >= 0.6 is 0 Å². The Kier molecular flexibility index (Phi) is 5.22. The standard InChI is InChI=1S/C12H25N3O/c1-9(2)11(15(3)4)12(16)14-8-10-6-5-7-13-10/h9-11,13H,5-8H2,1-4H3,(H,14,16). The highest BCUT2D eigenvalue weighted by Crippen LogP contribution is 2.08. The molecule has 0 bridgehead atoms. The average molecular weight is 227 g/mol. The molecule has 2 N–H and O–H groups in total. The molecule has 0 aromatic heterocycles. The Labute approximate surface area is 98.8 Å². The number of amides is 1. The first-order chi connectivity index (χ1) is 7.52. The number of carbonyl (C=O) groups excluding carboxylic acids is 1. The lowest BCUT2D eigenvalue weighted by Gasteiger charge is -2.27. The molecule has 1 aliphatic rings. The molecule has 1 heterocycles. The number of nitrogens with zero attached hydrogens (tertiary/aromatic N) is 1. The molecule has 2 atom stereocenters. The predicted octanol–water partition coefficient (Wildman–Crippen LogP) is 0.441. The summed E-state index contributed by atoms with van der Waals surface area (Å²) in [4.78, 5) is 14.0. The third kappa shape index (κ3) is 3.76. The second-order valence-electron chi connectivity index (χ2n) is 5.19. The highest BCUT2D eigenvalue weighted by Gasteiger charge is 2.25. The topological polar surface area (TPSA) is 44.4 Å². The Morgan fingerprint density at radius 1 is 1.50 bits per heavy atom. The molecular weight excluding hydrogens is 202 g/mol. The second-order valence-corrected chi connectivity index (χ2v) is 5.19. The minimum atomic E-state index is -0.0265. The van der Waals surface area contributed by atoms with Gasteiger partial charge in [0.15, 0.2) is 0 Å². The van der Waals surface area contributed by atoms with Gasteiger partial charge in [-0.2, -0.15) is 0 Å². The predicted molar refractivity (Wildman–Crippen MR) is 66.3 cm³/mol. The SMILES string of the molecule is CC(C)C(C(=O)NCC1CCCN1)N(C)C. The number of rotatable bonds is 5. The highest BCUT2D eigenvalue weighted by atomic mass is 16.2. The van der Waals surface area contributed by atoms with E-state index in [4.69, 9.17) is 0 Å². The third-order valence-corrected chi connectivity index (χ3v) is 3.14. The lowest BCUT2D eigenvalue weighted by Crippen LogP contribution is -2.49. The summed E-state index contributed by atoms with van der Waals surface area (Å²) >= 11 is 0. The van der Waals surface area contributed by atoms with Gasteiger partial charge in [-0.3, -0.25) is 9.69 Å². The molecule has 1 aliphatic heterocycles. The summed E-state index contributed by atoms with van der Waals surface area (Å²) in [6.07, 6.45) is 2.40. The fourth-order valence-corrected chi connectivity index (χ4v) is 2.39. The monoisotopic (exact) mass is 227 g/mol. The average Bonchev–Trinajstić information content (AvgIpc) is 2.65. The molecule has 0 spiro atoms. The van der Waals surface area contributed by atoms with E-state index in [-0.39, 0.29) is 11.9 Å². The molecule has 0 saturated carbocycles. The summed E-state index contributed by atoms with van der Waals surface area (Å²) in [5.41, 5.74) is 0. The van der Waals surface area contributed by atoms with E-state index in [1.54, 1.807) is 0 Å². The van der Waals surface area contributed by atoms with Crippen LogP contribution in [0.2, 0.25) is 0 Å². The lowest BCUT2D eigenvalue weighted by molar-refractivity contribution is -0.127. The van der Waals surface area contributed by atoms with Crippen molar-refractivity contribution in [1.82, 2.24) is 15.5 Å². The molecular formula is C12H25N3O. The van der Waals surface area contributed by atoms with E-state index < -0.39 is 0 Å². The molecule has 1 amide bonds. The Morgan fingerprint density at radius 3 is 2.62 bits per heavy atom. The molecule has 0 aromatic rings. The number of hydrogen-bond acceptors (Lipinski definition) is 3. The zero-order valence-corrected chi connectivity index (χ0v) is 10.9. The minimum Gasteiger partial charge on any atom is -0.353 e. The second kappa shape index (κ2) is 6.21. The largest absolute Gasteiger partial charge is 0.353 e. The van der Waals surface area contributed by atoms with Crippen LogP contribution in [0.3, 0.4) is 0 Å². The number of likely N-dealkylation sites (N-methyl/N-ethyl adjacent to an activating group) is 1. The Hall–Kier alpha value is -0.610. The summed E-state index contributed by atoms with van der Waals surface area (Å²) in [6, 6.07) is 0.445. The van der Waals surface area contributed by atoms with Crippen molar-refractivity contribution in [3.63, 3.8) is 0 Å². The maximum absolute atomic E-state index is 12.0. The molecule has 16 heavy (non-hydrogen) atoms. The Morgan fingerprint density at radius 2 is 2.19 bits per heavy atom. The molecule has 94 valence electrons. The first kappa shape index (κ1) is 13.5. The Bertz CT molecular complexity index is 214. The third-order valence-electron chi connectivity index (χ3n) is 3.14. The zero-order chi connectivity index (χ0) is 12.1. The first-order valence-corrected chi connectivity index (χ1v) is 6.20. The summed E-state index contributed by atoms with van der Waals surface area (Å²) in [5.74, 6) is 0.486. The van der Waals surface area contributed by atoms with Gasteiger partial charge in [0.1, 0.15) is 0 Å². The van der Waals surface area contributed by atoms with Crippen molar-refractivity contribution in [2.75, 3.05) is 27.2 Å². The fourth-order valence-electron chi connectivity index (χ4n) is 2.39. The van der Waals surface area contributed by atoms with E-state index in [2.05, 4.69) is 24.5 Å². The van der Waals surface area contributed by atoms with Crippen molar-refractivity contribution >= 4 is 5.91 Å². The molecule has 2 unspecified atom stereocenters. The number of nitrogens with one attached hydrogen (secondary N) is 2. The lowest BCUT2D eigenvalue weighted by atomic mass is 10.0. The zero-order valence-electron chi connectivity index (χ0n) is 10.9. The van der Waals surface area contributed by atoms with E-state index in [9.17, 15) is 4.79 Å². The van der Waals surface area contributed by atoms with Crippen LogP contribution in [-0.2, 0) is 4.79 Å². The van der Waals surface area contributed by atoms with Gasteiger partial charge in [0.2, 0.25) is 5.91 Å². The molecule has 4 heteroatoms. The molecule has 1 saturated heterocycles. The van der Waals surface area contributed by atoms with Gasteiger partial charge in [0.25, 0.3) is 0 Å². The maximum atomic E-state index is 12.0. The molecule has 0 aromatic carbocycles. The highest BCUT2D eigenvalue weighted by molar-refractivity contribution is 5.81. The molecule has 1 fully saturated rings. The van der Waals surface area contributed by atoms with Gasteiger partial charge < -0.3 is 10.6 Å². The van der Waals surface area contributed by atoms with Crippen LogP contribution in [0.15, 0.2) is 0 Å². The van der Waals surface area contributed by atoms with Crippen molar-refractivity contribution in [3.8, 4) is 0 Å². The van der Waals surface area contributed by atoms with Gasteiger partial charge in [0, 0.05) is 12.6 Å². The molecule has 1 rings (SSSR count). The minimum absolute atomic E-state index is 0.0265. The van der Waals surface area contributed by atoms with Crippen molar-refractivity contribution in [2.24, 2.45) is 5.92 Å². The van der Waals surface area contributed by atoms with Crippen LogP contribution in [0, 0.1) is 5.92 Å². The van der Waals surface area contributed by atoms with Crippen molar-refractivity contribution in [2.45, 2.75) is 38.8 Å². The van der Waals surface area contributed by atoms with Gasteiger partial charge in [0.05, 0.1) is 6.04 Å². The number of carbonyl (C=O) groups is 1. The maximum Gasteiger partial charge on any atom is 0.237 e. The van der Waals surface area contributed by atoms with Gasteiger partial charge >= 0.3 is 0 Å². The summed E-state index contributed by atoms with van der Waals surface area (Å²) < 4.78 is 0. The number of hydrogen-bond donors (Lipinski definition) is 2. The van der Waals surface area contributed by atoms with Gasteiger partial charge in [-0.1, -0.05) is 13.8 Å². The van der Waals surface area contributed by atoms with Crippen LogP contribution in [0.25, 0.3) is 0 Å². The van der Waals surface area contributed by atoms with Crippen LogP contribution in [0.5, 0.6) is 0 Å².